The number of nitrogens with zero attached hydrogens (tertiary/aromatic N) is 1. The van der Waals surface area contributed by atoms with Gasteiger partial charge < -0.3 is 0 Å². The predicted molar refractivity (Wildman–Crippen MR) is 48.1 cm³/mol. The van der Waals surface area contributed by atoms with Crippen molar-refractivity contribution >= 4 is 0 Å². The van der Waals surface area contributed by atoms with Crippen LogP contribution in [-0.4, -0.2) is 0 Å². The van der Waals surface area contributed by atoms with Crippen molar-refractivity contribution in [3.8, 4) is 6.07 Å². The van der Waals surface area contributed by atoms with Gasteiger partial charge >= 0.3 is 0 Å². The number of unbranched alkanes of at least 4 members (excludes halogenated alkanes) is 1. The van der Waals surface area contributed by atoms with Crippen LogP contribution in [0.5, 0.6) is 0 Å². The Balaban J connectivity index is 3.88. The Morgan fingerprint density at radius 3 is 2.64 bits per heavy atom. The standard InChI is InChI=1S/C10H17N/c1-4-6-7-10(8-11)9(3)5-2/h5,10H,4,6-7H2,1-3H3/b9-5-/t10-/m0/s1. The van der Waals surface area contributed by atoms with Gasteiger partial charge in [-0.1, -0.05) is 31.4 Å². The van der Waals surface area contributed by atoms with Gasteiger partial charge in [-0.15, -0.1) is 0 Å². The van der Waals surface area contributed by atoms with Gasteiger partial charge in [0.1, 0.15) is 0 Å². The van der Waals surface area contributed by atoms with Crippen LogP contribution in [0.15, 0.2) is 11.6 Å². The molecule has 0 heterocycles. The minimum absolute atomic E-state index is 0.153. The maximum Gasteiger partial charge on any atom is 0.0700 e. The Kier molecular flexibility index (Phi) is 5.56. The molecule has 0 unspecified atom stereocenters. The molecular formula is C10H17N. The number of allylic oxidation sites excluding steroid dienone is 2. The van der Waals surface area contributed by atoms with E-state index in [0.29, 0.717) is 0 Å². The van der Waals surface area contributed by atoms with Crippen molar-refractivity contribution in [1.82, 2.24) is 0 Å². The quantitative estimate of drug-likeness (QED) is 0.566. The molecule has 0 aliphatic carbocycles. The van der Waals surface area contributed by atoms with Gasteiger partial charge in [0.15, 0.2) is 0 Å². The summed E-state index contributed by atoms with van der Waals surface area (Å²) >= 11 is 0. The highest BCUT2D eigenvalue weighted by molar-refractivity contribution is 5.10. The van der Waals surface area contributed by atoms with Crippen molar-refractivity contribution in [2.75, 3.05) is 0 Å². The van der Waals surface area contributed by atoms with Crippen LogP contribution in [0.4, 0.5) is 0 Å². The summed E-state index contributed by atoms with van der Waals surface area (Å²) in [6.07, 6.45) is 5.38. The highest BCUT2D eigenvalue weighted by atomic mass is 14.3. The Morgan fingerprint density at radius 1 is 1.64 bits per heavy atom. The molecule has 0 fully saturated rings. The molecule has 0 saturated heterocycles. The van der Waals surface area contributed by atoms with Gasteiger partial charge in [-0.05, 0) is 20.3 Å². The monoisotopic (exact) mass is 151 g/mol. The summed E-state index contributed by atoms with van der Waals surface area (Å²) in [7, 11) is 0. The van der Waals surface area contributed by atoms with Gasteiger partial charge in [0, 0.05) is 0 Å². The highest BCUT2D eigenvalue weighted by Crippen LogP contribution is 2.16. The number of rotatable bonds is 4. The van der Waals surface area contributed by atoms with E-state index in [1.165, 1.54) is 12.0 Å². The van der Waals surface area contributed by atoms with E-state index in [0.717, 1.165) is 12.8 Å². The molecule has 0 aliphatic heterocycles. The van der Waals surface area contributed by atoms with E-state index in [9.17, 15) is 0 Å². The first-order valence-electron chi connectivity index (χ1n) is 4.28. The zero-order valence-electron chi connectivity index (χ0n) is 7.72. The number of nitriles is 1. The van der Waals surface area contributed by atoms with E-state index >= 15 is 0 Å². The van der Waals surface area contributed by atoms with Crippen LogP contribution < -0.4 is 0 Å². The second-order valence-corrected chi connectivity index (χ2v) is 2.86. The van der Waals surface area contributed by atoms with E-state index in [1.807, 2.05) is 19.9 Å². The van der Waals surface area contributed by atoms with E-state index in [4.69, 9.17) is 5.26 Å². The first-order valence-corrected chi connectivity index (χ1v) is 4.28. The minimum Gasteiger partial charge on any atom is -0.198 e. The maximum absolute atomic E-state index is 8.76. The second-order valence-electron chi connectivity index (χ2n) is 2.86. The van der Waals surface area contributed by atoms with Gasteiger partial charge in [-0.2, -0.15) is 5.26 Å². The average molecular weight is 151 g/mol. The van der Waals surface area contributed by atoms with Crippen LogP contribution in [0.25, 0.3) is 0 Å². The lowest BCUT2D eigenvalue weighted by atomic mass is 9.96. The molecule has 0 N–H and O–H groups in total. The number of hydrogen-bond acceptors (Lipinski definition) is 1. The Labute approximate surface area is 69.7 Å². The van der Waals surface area contributed by atoms with Crippen molar-refractivity contribution in [2.24, 2.45) is 5.92 Å². The van der Waals surface area contributed by atoms with Gasteiger partial charge in [-0.3, -0.25) is 0 Å². The molecule has 0 saturated carbocycles. The molecule has 0 amide bonds. The molecule has 0 aromatic carbocycles. The van der Waals surface area contributed by atoms with Crippen LogP contribution in [0.3, 0.4) is 0 Å². The molecule has 0 aliphatic rings. The van der Waals surface area contributed by atoms with Crippen LogP contribution in [0.2, 0.25) is 0 Å². The Morgan fingerprint density at radius 2 is 2.27 bits per heavy atom. The first kappa shape index (κ1) is 10.2. The van der Waals surface area contributed by atoms with Crippen molar-refractivity contribution in [3.63, 3.8) is 0 Å². The van der Waals surface area contributed by atoms with Gasteiger partial charge in [0.25, 0.3) is 0 Å². The fourth-order valence-electron chi connectivity index (χ4n) is 1.00. The summed E-state index contributed by atoms with van der Waals surface area (Å²) in [4.78, 5) is 0. The average Bonchev–Trinajstić information content (AvgIpc) is 2.05. The lowest BCUT2D eigenvalue weighted by molar-refractivity contribution is 0.626. The Bertz CT molecular complexity index is 162. The Hall–Kier alpha value is -0.770. The highest BCUT2D eigenvalue weighted by Gasteiger charge is 2.06. The third-order valence-corrected chi connectivity index (χ3v) is 2.01. The molecule has 0 bridgehead atoms. The largest absolute Gasteiger partial charge is 0.198 e. The van der Waals surface area contributed by atoms with Gasteiger partial charge in [0.2, 0.25) is 0 Å². The third kappa shape index (κ3) is 3.83. The molecule has 0 aromatic heterocycles. The first-order chi connectivity index (χ1) is 5.26. The van der Waals surface area contributed by atoms with E-state index in [-0.39, 0.29) is 5.92 Å². The second kappa shape index (κ2) is 5.97. The predicted octanol–water partition coefficient (Wildman–Crippen LogP) is 3.28. The fraction of sp³-hybridized carbons (Fsp3) is 0.700. The molecule has 62 valence electrons. The third-order valence-electron chi connectivity index (χ3n) is 2.01. The minimum atomic E-state index is 0.153. The molecule has 1 heteroatoms. The summed E-state index contributed by atoms with van der Waals surface area (Å²) in [5.74, 6) is 0.153. The fourth-order valence-corrected chi connectivity index (χ4v) is 1.00. The number of hydrogen-bond donors (Lipinski definition) is 0. The molecule has 1 nitrogen and oxygen atoms in total. The van der Waals surface area contributed by atoms with E-state index < -0.39 is 0 Å². The van der Waals surface area contributed by atoms with Crippen LogP contribution >= 0.6 is 0 Å². The zero-order chi connectivity index (χ0) is 8.69. The van der Waals surface area contributed by atoms with Crippen LogP contribution in [-0.2, 0) is 0 Å². The summed E-state index contributed by atoms with van der Waals surface area (Å²) in [6, 6.07) is 2.32. The lowest BCUT2D eigenvalue weighted by Crippen LogP contribution is -1.97. The van der Waals surface area contributed by atoms with E-state index in [1.54, 1.807) is 0 Å². The molecule has 0 rings (SSSR count). The molecule has 1 atom stereocenters. The molecule has 0 spiro atoms. The van der Waals surface area contributed by atoms with Crippen molar-refractivity contribution in [3.05, 3.63) is 11.6 Å². The van der Waals surface area contributed by atoms with E-state index in [2.05, 4.69) is 13.0 Å². The summed E-state index contributed by atoms with van der Waals surface area (Å²) in [5.41, 5.74) is 1.21. The van der Waals surface area contributed by atoms with Gasteiger partial charge in [-0.25, -0.2) is 0 Å². The lowest BCUT2D eigenvalue weighted by Gasteiger charge is -2.07. The van der Waals surface area contributed by atoms with Gasteiger partial charge in [0.05, 0.1) is 12.0 Å². The molecular weight excluding hydrogens is 134 g/mol. The maximum atomic E-state index is 8.76. The molecule has 11 heavy (non-hydrogen) atoms. The SMILES string of the molecule is C/C=C(/C)[C@H](C#N)CCCC. The smallest absolute Gasteiger partial charge is 0.0700 e. The van der Waals surface area contributed by atoms with Crippen LogP contribution in [0.1, 0.15) is 40.0 Å². The van der Waals surface area contributed by atoms with Crippen molar-refractivity contribution in [1.29, 1.82) is 5.26 Å². The molecule has 0 aromatic rings. The summed E-state index contributed by atoms with van der Waals surface area (Å²) in [5, 5.41) is 8.76. The molecule has 0 radical (unpaired) electrons. The summed E-state index contributed by atoms with van der Waals surface area (Å²) < 4.78 is 0. The normalized spacial score (nSPS) is 14.2. The van der Waals surface area contributed by atoms with Crippen molar-refractivity contribution in [2.45, 2.75) is 40.0 Å². The topological polar surface area (TPSA) is 23.8 Å². The van der Waals surface area contributed by atoms with Crippen LogP contribution in [0, 0.1) is 17.2 Å². The van der Waals surface area contributed by atoms with Crippen molar-refractivity contribution < 1.29 is 0 Å². The summed E-state index contributed by atoms with van der Waals surface area (Å²) in [6.45, 7) is 6.18. The zero-order valence-corrected chi connectivity index (χ0v) is 7.72.